The summed E-state index contributed by atoms with van der Waals surface area (Å²) in [6.07, 6.45) is 7.40. The van der Waals surface area contributed by atoms with Crippen molar-refractivity contribution in [3.05, 3.63) is 127 Å². The first-order valence-corrected chi connectivity index (χ1v) is 14.8. The van der Waals surface area contributed by atoms with Gasteiger partial charge in [-0.15, -0.1) is 0 Å². The third-order valence-corrected chi connectivity index (χ3v) is 9.39. The average molecular weight is 535 g/mol. The van der Waals surface area contributed by atoms with Crippen molar-refractivity contribution < 1.29 is 13.6 Å². The lowest BCUT2D eigenvalue weighted by molar-refractivity contribution is -0.720. The van der Waals surface area contributed by atoms with Crippen LogP contribution in [-0.2, 0) is 6.42 Å². The molecule has 0 amide bonds. The molecule has 41 heavy (non-hydrogen) atoms. The van der Waals surface area contributed by atoms with Crippen LogP contribution in [0.2, 0.25) is 0 Å². The summed E-state index contributed by atoms with van der Waals surface area (Å²) in [5.74, 6) is 0.795. The third-order valence-electron chi connectivity index (χ3n) is 9.39. The lowest BCUT2D eigenvalue weighted by Crippen LogP contribution is -2.49. The lowest BCUT2D eigenvalue weighted by Gasteiger charge is -2.31. The molecule has 0 bridgehead atoms. The standard InChI is InChI=1S/C38H34N2O/c1-24(2)27-19-21-39-25(3)22-34-30(28-10-4-5-11-29(28)33-13-8-9-20-40(33)34)17-15-26-16-18-32-31-12-6-7-14-36(31)41-38(32)37(26)35(39)23-27/h4-14,16,18-21,23-24,30,34H,3,15,17,22H2,1-2H3/q+2. The number of aryl methyl sites for hydroxylation is 1. The number of allylic oxidation sites excluding steroid dienone is 1. The van der Waals surface area contributed by atoms with E-state index in [4.69, 9.17) is 11.0 Å². The van der Waals surface area contributed by atoms with E-state index in [0.717, 1.165) is 36.1 Å². The fraction of sp³-hybridized carbons (Fsp3) is 0.211. The Kier molecular flexibility index (Phi) is 5.50. The first kappa shape index (κ1) is 24.3. The molecule has 2 aliphatic rings. The first-order chi connectivity index (χ1) is 20.1. The molecule has 2 unspecified atom stereocenters. The average Bonchev–Trinajstić information content (AvgIpc) is 3.38. The summed E-state index contributed by atoms with van der Waals surface area (Å²) < 4.78 is 11.5. The van der Waals surface area contributed by atoms with Crippen LogP contribution in [0.4, 0.5) is 0 Å². The number of furan rings is 1. The van der Waals surface area contributed by atoms with Gasteiger partial charge in [-0.1, -0.05) is 62.4 Å². The summed E-state index contributed by atoms with van der Waals surface area (Å²) >= 11 is 0. The van der Waals surface area contributed by atoms with E-state index in [1.54, 1.807) is 0 Å². The second-order valence-electron chi connectivity index (χ2n) is 12.0. The summed E-state index contributed by atoms with van der Waals surface area (Å²) in [7, 11) is 0. The van der Waals surface area contributed by atoms with Crippen molar-refractivity contribution in [3.8, 4) is 22.5 Å². The SMILES string of the molecule is C=C1CC2C(CCc3ccc4c(oc5ccccc54)c3-c3cc(C(C)C)cc[n+]31)c1ccccc1-c1cccc[n+]12. The number of fused-ring (bicyclic) bond motifs is 13. The normalized spacial score (nSPS) is 18.0. The van der Waals surface area contributed by atoms with Crippen LogP contribution in [0.5, 0.6) is 0 Å². The fourth-order valence-electron chi connectivity index (χ4n) is 7.33. The fourth-order valence-corrected chi connectivity index (χ4v) is 7.33. The maximum Gasteiger partial charge on any atom is 0.222 e. The smallest absolute Gasteiger partial charge is 0.222 e. The number of aromatic nitrogens is 2. The highest BCUT2D eigenvalue weighted by molar-refractivity contribution is 6.09. The second-order valence-corrected chi connectivity index (χ2v) is 12.0. The Morgan fingerprint density at radius 3 is 2.56 bits per heavy atom. The minimum absolute atomic E-state index is 0.287. The van der Waals surface area contributed by atoms with Crippen LogP contribution < -0.4 is 9.13 Å². The van der Waals surface area contributed by atoms with Gasteiger partial charge in [-0.25, -0.2) is 0 Å². The van der Waals surface area contributed by atoms with Crippen molar-refractivity contribution in [2.45, 2.75) is 51.0 Å². The number of rotatable bonds is 1. The Balaban J connectivity index is 1.40. The number of para-hydroxylation sites is 1. The molecule has 0 N–H and O–H groups in total. The third kappa shape index (κ3) is 3.72. The monoisotopic (exact) mass is 534 g/mol. The van der Waals surface area contributed by atoms with Crippen molar-refractivity contribution >= 4 is 27.6 Å². The van der Waals surface area contributed by atoms with Crippen molar-refractivity contribution in [2.24, 2.45) is 0 Å². The largest absolute Gasteiger partial charge is 0.455 e. The number of hydrogen-bond acceptors (Lipinski definition) is 1. The molecule has 0 radical (unpaired) electrons. The molecule has 0 spiro atoms. The van der Waals surface area contributed by atoms with Gasteiger partial charge in [0.1, 0.15) is 11.2 Å². The summed E-state index contributed by atoms with van der Waals surface area (Å²) in [5.41, 5.74) is 12.1. The quantitative estimate of drug-likeness (QED) is 0.193. The van der Waals surface area contributed by atoms with Gasteiger partial charge in [0.25, 0.3) is 0 Å². The van der Waals surface area contributed by atoms with E-state index >= 15 is 0 Å². The van der Waals surface area contributed by atoms with E-state index in [1.165, 1.54) is 50.0 Å². The molecule has 0 saturated heterocycles. The zero-order chi connectivity index (χ0) is 27.7. The van der Waals surface area contributed by atoms with Gasteiger partial charge in [0.05, 0.1) is 12.0 Å². The number of benzene rings is 3. The van der Waals surface area contributed by atoms with Crippen molar-refractivity contribution in [2.75, 3.05) is 0 Å². The summed E-state index contributed by atoms with van der Waals surface area (Å²) in [5, 5.41) is 2.34. The first-order valence-electron chi connectivity index (χ1n) is 14.8. The maximum absolute atomic E-state index is 6.67. The van der Waals surface area contributed by atoms with E-state index in [-0.39, 0.29) is 6.04 Å². The minimum Gasteiger partial charge on any atom is -0.455 e. The predicted octanol–water partition coefficient (Wildman–Crippen LogP) is 8.76. The van der Waals surface area contributed by atoms with Crippen molar-refractivity contribution in [1.29, 1.82) is 0 Å². The van der Waals surface area contributed by atoms with E-state index in [1.807, 2.05) is 0 Å². The van der Waals surface area contributed by atoms with Crippen molar-refractivity contribution in [3.63, 3.8) is 0 Å². The summed E-state index contributed by atoms with van der Waals surface area (Å²) in [6.45, 7) is 9.27. The van der Waals surface area contributed by atoms with Gasteiger partial charge >= 0.3 is 0 Å². The predicted molar refractivity (Wildman–Crippen MR) is 166 cm³/mol. The number of pyridine rings is 2. The number of nitrogens with zero attached hydrogens (tertiary/aromatic N) is 2. The summed E-state index contributed by atoms with van der Waals surface area (Å²) in [6, 6.07) is 33.5. The van der Waals surface area contributed by atoms with E-state index in [9.17, 15) is 0 Å². The molecule has 6 aromatic rings. The Morgan fingerprint density at radius 2 is 1.66 bits per heavy atom. The van der Waals surface area contributed by atoms with Gasteiger partial charge in [0.2, 0.25) is 11.4 Å². The Labute approximate surface area is 241 Å². The van der Waals surface area contributed by atoms with Crippen molar-refractivity contribution in [1.82, 2.24) is 0 Å². The topological polar surface area (TPSA) is 20.9 Å². The molecular formula is C38H34N2O+2. The van der Waals surface area contributed by atoms with E-state index in [2.05, 4.69) is 126 Å². The van der Waals surface area contributed by atoms with Crippen LogP contribution in [0.1, 0.15) is 61.3 Å². The van der Waals surface area contributed by atoms with Gasteiger partial charge in [0, 0.05) is 46.5 Å². The molecule has 0 fully saturated rings. The Hall–Kier alpha value is -4.50. The molecule has 8 rings (SSSR count). The molecule has 0 aliphatic carbocycles. The molecule has 5 heterocycles. The molecule has 2 aliphatic heterocycles. The summed E-state index contributed by atoms with van der Waals surface area (Å²) in [4.78, 5) is 0. The number of hydrogen-bond donors (Lipinski definition) is 0. The van der Waals surface area contributed by atoms with Gasteiger partial charge < -0.3 is 4.42 Å². The van der Waals surface area contributed by atoms with Gasteiger partial charge in [-0.3, -0.25) is 0 Å². The van der Waals surface area contributed by atoms with E-state index in [0.29, 0.717) is 11.8 Å². The molecule has 0 saturated carbocycles. The minimum atomic E-state index is 0.287. The highest BCUT2D eigenvalue weighted by Gasteiger charge is 2.42. The highest BCUT2D eigenvalue weighted by Crippen LogP contribution is 2.45. The van der Waals surface area contributed by atoms with Crippen LogP contribution in [0.25, 0.3) is 50.2 Å². The van der Waals surface area contributed by atoms with Gasteiger partial charge in [0.15, 0.2) is 24.1 Å². The van der Waals surface area contributed by atoms with Crippen LogP contribution in [0.15, 0.2) is 114 Å². The maximum atomic E-state index is 6.67. The molecule has 2 atom stereocenters. The van der Waals surface area contributed by atoms with E-state index < -0.39 is 0 Å². The van der Waals surface area contributed by atoms with Gasteiger partial charge in [-0.05, 0) is 60.2 Å². The highest BCUT2D eigenvalue weighted by atomic mass is 16.3. The second kappa shape index (κ2) is 9.27. The molecule has 3 nitrogen and oxygen atoms in total. The zero-order valence-corrected chi connectivity index (χ0v) is 23.7. The molecule has 3 heteroatoms. The molecule has 3 aromatic heterocycles. The molecular weight excluding hydrogens is 500 g/mol. The van der Waals surface area contributed by atoms with Crippen LogP contribution in [0, 0.1) is 0 Å². The van der Waals surface area contributed by atoms with Gasteiger partial charge in [-0.2, -0.15) is 9.13 Å². The van der Waals surface area contributed by atoms with Crippen LogP contribution in [-0.4, -0.2) is 0 Å². The Bertz CT molecular complexity index is 2000. The molecule has 3 aromatic carbocycles. The van der Waals surface area contributed by atoms with Crippen LogP contribution in [0.3, 0.4) is 0 Å². The Morgan fingerprint density at radius 1 is 0.829 bits per heavy atom. The molecule has 200 valence electrons. The zero-order valence-electron chi connectivity index (χ0n) is 23.7. The lowest BCUT2D eigenvalue weighted by atomic mass is 9.77. The van der Waals surface area contributed by atoms with Crippen LogP contribution >= 0.6 is 0 Å².